The number of hydrogen-bond donors (Lipinski definition) is 2. The van der Waals surface area contributed by atoms with Crippen molar-refractivity contribution in [3.63, 3.8) is 0 Å². The molecule has 0 aliphatic carbocycles. The Kier molecular flexibility index (Phi) is 3.66. The molecule has 0 saturated carbocycles. The third kappa shape index (κ3) is 2.88. The molecule has 2 N–H and O–H groups in total. The number of halogens is 1. The molecule has 3 nitrogen and oxygen atoms in total. The SMILES string of the molecule is O=C(Nc1ccccc1F)N[C@H]1CCSC1. The molecule has 86 valence electrons. The molecule has 1 aromatic carbocycles. The summed E-state index contributed by atoms with van der Waals surface area (Å²) in [5.41, 5.74) is 0.214. The van der Waals surface area contributed by atoms with E-state index in [9.17, 15) is 9.18 Å². The molecular weight excluding hydrogens is 227 g/mol. The van der Waals surface area contributed by atoms with Gasteiger partial charge in [-0.2, -0.15) is 11.8 Å². The zero-order valence-electron chi connectivity index (χ0n) is 8.70. The Labute approximate surface area is 97.8 Å². The molecular formula is C11H13FN2OS. The Morgan fingerprint density at radius 2 is 2.25 bits per heavy atom. The van der Waals surface area contributed by atoms with Crippen LogP contribution in [0.1, 0.15) is 6.42 Å². The molecule has 0 bridgehead atoms. The van der Waals surface area contributed by atoms with Crippen LogP contribution in [0.3, 0.4) is 0 Å². The predicted octanol–water partition coefficient (Wildman–Crippen LogP) is 2.45. The second-order valence-corrected chi connectivity index (χ2v) is 4.79. The van der Waals surface area contributed by atoms with Gasteiger partial charge in [-0.05, 0) is 24.3 Å². The van der Waals surface area contributed by atoms with Gasteiger partial charge in [0.2, 0.25) is 0 Å². The molecule has 1 saturated heterocycles. The van der Waals surface area contributed by atoms with E-state index in [4.69, 9.17) is 0 Å². The van der Waals surface area contributed by atoms with E-state index in [1.807, 2.05) is 11.8 Å². The molecule has 0 unspecified atom stereocenters. The molecule has 0 spiro atoms. The van der Waals surface area contributed by atoms with Crippen molar-refractivity contribution in [3.05, 3.63) is 30.1 Å². The third-order valence-corrected chi connectivity index (χ3v) is 3.55. The first-order valence-corrected chi connectivity index (χ1v) is 6.31. The lowest BCUT2D eigenvalue weighted by atomic mass is 10.3. The summed E-state index contributed by atoms with van der Waals surface area (Å²) in [6, 6.07) is 6.00. The smallest absolute Gasteiger partial charge is 0.319 e. The van der Waals surface area contributed by atoms with Crippen LogP contribution in [-0.4, -0.2) is 23.6 Å². The topological polar surface area (TPSA) is 41.1 Å². The van der Waals surface area contributed by atoms with Crippen molar-refractivity contribution >= 4 is 23.5 Å². The minimum absolute atomic E-state index is 0.205. The lowest BCUT2D eigenvalue weighted by molar-refractivity contribution is 0.249. The summed E-state index contributed by atoms with van der Waals surface area (Å²) >= 11 is 1.82. The summed E-state index contributed by atoms with van der Waals surface area (Å²) in [5.74, 6) is 1.59. The van der Waals surface area contributed by atoms with Crippen LogP contribution in [0.4, 0.5) is 14.9 Å². The Balaban J connectivity index is 1.89. The standard InChI is InChI=1S/C11H13FN2OS/c12-9-3-1-2-4-10(9)14-11(15)13-8-5-6-16-7-8/h1-4,8H,5-7H2,(H2,13,14,15)/t8-/m0/s1. The van der Waals surface area contributed by atoms with Crippen LogP contribution in [-0.2, 0) is 0 Å². The molecule has 1 aliphatic heterocycles. The second kappa shape index (κ2) is 5.21. The fraction of sp³-hybridized carbons (Fsp3) is 0.364. The Morgan fingerprint density at radius 1 is 1.44 bits per heavy atom. The van der Waals surface area contributed by atoms with Gasteiger partial charge < -0.3 is 10.6 Å². The number of urea groups is 1. The van der Waals surface area contributed by atoms with Crippen molar-refractivity contribution in [2.24, 2.45) is 0 Å². The minimum Gasteiger partial charge on any atom is -0.334 e. The van der Waals surface area contributed by atoms with E-state index in [0.29, 0.717) is 0 Å². The van der Waals surface area contributed by atoms with Crippen LogP contribution >= 0.6 is 11.8 Å². The van der Waals surface area contributed by atoms with Crippen LogP contribution in [0.5, 0.6) is 0 Å². The van der Waals surface area contributed by atoms with Gasteiger partial charge in [-0.15, -0.1) is 0 Å². The van der Waals surface area contributed by atoms with Gasteiger partial charge in [0.25, 0.3) is 0 Å². The van der Waals surface area contributed by atoms with Crippen molar-refractivity contribution in [1.29, 1.82) is 0 Å². The van der Waals surface area contributed by atoms with Gasteiger partial charge >= 0.3 is 6.03 Å². The van der Waals surface area contributed by atoms with Crippen molar-refractivity contribution in [2.45, 2.75) is 12.5 Å². The van der Waals surface area contributed by atoms with E-state index < -0.39 is 5.82 Å². The maximum Gasteiger partial charge on any atom is 0.319 e. The summed E-state index contributed by atoms with van der Waals surface area (Å²) in [7, 11) is 0. The Bertz CT molecular complexity index is 380. The molecule has 16 heavy (non-hydrogen) atoms. The van der Waals surface area contributed by atoms with Crippen molar-refractivity contribution in [2.75, 3.05) is 16.8 Å². The summed E-state index contributed by atoms with van der Waals surface area (Å²) in [4.78, 5) is 11.5. The highest BCUT2D eigenvalue weighted by Gasteiger charge is 2.17. The number of para-hydroxylation sites is 1. The number of benzene rings is 1. The van der Waals surface area contributed by atoms with Gasteiger partial charge in [-0.3, -0.25) is 0 Å². The van der Waals surface area contributed by atoms with E-state index in [2.05, 4.69) is 10.6 Å². The maximum absolute atomic E-state index is 13.2. The molecule has 0 radical (unpaired) electrons. The average molecular weight is 240 g/mol. The summed E-state index contributed by atoms with van der Waals surface area (Å²) < 4.78 is 13.2. The number of carbonyl (C=O) groups excluding carboxylic acids is 1. The van der Waals surface area contributed by atoms with Gasteiger partial charge in [0.1, 0.15) is 5.82 Å². The Hall–Kier alpha value is -1.23. The zero-order valence-corrected chi connectivity index (χ0v) is 9.52. The molecule has 2 amide bonds. The first-order valence-electron chi connectivity index (χ1n) is 5.15. The fourth-order valence-electron chi connectivity index (χ4n) is 1.55. The van der Waals surface area contributed by atoms with Crippen molar-refractivity contribution in [1.82, 2.24) is 5.32 Å². The Morgan fingerprint density at radius 3 is 2.94 bits per heavy atom. The molecule has 1 fully saturated rings. The predicted molar refractivity (Wildman–Crippen MR) is 64.3 cm³/mol. The van der Waals surface area contributed by atoms with E-state index in [0.717, 1.165) is 17.9 Å². The molecule has 1 atom stereocenters. The highest BCUT2D eigenvalue weighted by molar-refractivity contribution is 7.99. The van der Waals surface area contributed by atoms with Crippen LogP contribution in [0.15, 0.2) is 24.3 Å². The first kappa shape index (κ1) is 11.3. The van der Waals surface area contributed by atoms with E-state index >= 15 is 0 Å². The van der Waals surface area contributed by atoms with Crippen molar-refractivity contribution in [3.8, 4) is 0 Å². The van der Waals surface area contributed by atoms with Gasteiger partial charge in [-0.25, -0.2) is 9.18 Å². The lowest BCUT2D eigenvalue weighted by Gasteiger charge is -2.12. The number of anilines is 1. The van der Waals surface area contributed by atoms with Crippen LogP contribution in [0.2, 0.25) is 0 Å². The van der Waals surface area contributed by atoms with Gasteiger partial charge in [0.15, 0.2) is 0 Å². The van der Waals surface area contributed by atoms with E-state index in [1.165, 1.54) is 12.1 Å². The number of hydrogen-bond acceptors (Lipinski definition) is 2. The average Bonchev–Trinajstić information content (AvgIpc) is 2.74. The number of nitrogens with one attached hydrogen (secondary N) is 2. The lowest BCUT2D eigenvalue weighted by Crippen LogP contribution is -2.37. The fourth-order valence-corrected chi connectivity index (χ4v) is 2.71. The highest BCUT2D eigenvalue weighted by atomic mass is 32.2. The minimum atomic E-state index is -0.418. The molecule has 2 rings (SSSR count). The van der Waals surface area contributed by atoms with Gasteiger partial charge in [-0.1, -0.05) is 12.1 Å². The number of carbonyl (C=O) groups is 1. The monoisotopic (exact) mass is 240 g/mol. The largest absolute Gasteiger partial charge is 0.334 e. The van der Waals surface area contributed by atoms with Crippen LogP contribution in [0.25, 0.3) is 0 Å². The third-order valence-electron chi connectivity index (χ3n) is 2.39. The number of amides is 2. The molecule has 0 aromatic heterocycles. The summed E-state index contributed by atoms with van der Waals surface area (Å²) in [6.45, 7) is 0. The number of rotatable bonds is 2. The summed E-state index contributed by atoms with van der Waals surface area (Å²) in [6.07, 6.45) is 0.982. The maximum atomic E-state index is 13.2. The van der Waals surface area contributed by atoms with Crippen LogP contribution in [0, 0.1) is 5.82 Å². The quantitative estimate of drug-likeness (QED) is 0.833. The van der Waals surface area contributed by atoms with Crippen LogP contribution < -0.4 is 10.6 Å². The number of thioether (sulfide) groups is 1. The first-order chi connectivity index (χ1) is 7.75. The van der Waals surface area contributed by atoms with Gasteiger partial charge in [0, 0.05) is 11.8 Å². The molecule has 1 aromatic rings. The van der Waals surface area contributed by atoms with E-state index in [1.54, 1.807) is 12.1 Å². The van der Waals surface area contributed by atoms with Gasteiger partial charge in [0.05, 0.1) is 5.69 Å². The zero-order chi connectivity index (χ0) is 11.4. The normalized spacial score (nSPS) is 19.4. The highest BCUT2D eigenvalue weighted by Crippen LogP contribution is 2.17. The van der Waals surface area contributed by atoms with Crippen molar-refractivity contribution < 1.29 is 9.18 Å². The van der Waals surface area contributed by atoms with E-state index in [-0.39, 0.29) is 17.8 Å². The summed E-state index contributed by atoms with van der Waals surface area (Å²) in [5, 5.41) is 5.32. The molecule has 5 heteroatoms. The second-order valence-electron chi connectivity index (χ2n) is 3.64. The molecule has 1 aliphatic rings. The molecule has 1 heterocycles.